The third-order valence-electron chi connectivity index (χ3n) is 2.70. The van der Waals surface area contributed by atoms with Crippen LogP contribution in [0.4, 0.5) is 5.69 Å². The SMILES string of the molecule is COCC(C)N(C)S(=O)(=O)c1c(N)cc(Cl)cc1Cl. The van der Waals surface area contributed by atoms with Crippen LogP contribution in [0.3, 0.4) is 0 Å². The summed E-state index contributed by atoms with van der Waals surface area (Å²) < 4.78 is 31.0. The van der Waals surface area contributed by atoms with Crippen LogP contribution < -0.4 is 5.73 Å². The highest BCUT2D eigenvalue weighted by atomic mass is 35.5. The summed E-state index contributed by atoms with van der Waals surface area (Å²) in [4.78, 5) is -0.135. The molecule has 8 heteroatoms. The van der Waals surface area contributed by atoms with E-state index in [0.717, 1.165) is 0 Å². The van der Waals surface area contributed by atoms with Crippen molar-refractivity contribution in [1.29, 1.82) is 0 Å². The number of hydrogen-bond acceptors (Lipinski definition) is 4. The highest BCUT2D eigenvalue weighted by Gasteiger charge is 2.29. The molecule has 0 aromatic heterocycles. The Balaban J connectivity index is 3.28. The van der Waals surface area contributed by atoms with Crippen molar-refractivity contribution in [3.05, 3.63) is 22.2 Å². The first kappa shape index (κ1) is 16.5. The zero-order chi connectivity index (χ0) is 14.8. The van der Waals surface area contributed by atoms with Crippen LogP contribution in [0, 0.1) is 0 Å². The average molecular weight is 327 g/mol. The van der Waals surface area contributed by atoms with Gasteiger partial charge >= 0.3 is 0 Å². The molecule has 2 N–H and O–H groups in total. The third-order valence-corrected chi connectivity index (χ3v) is 5.42. The fourth-order valence-electron chi connectivity index (χ4n) is 1.58. The molecule has 0 bridgehead atoms. The van der Waals surface area contributed by atoms with Crippen molar-refractivity contribution in [3.8, 4) is 0 Å². The number of nitrogen functional groups attached to an aromatic ring is 1. The van der Waals surface area contributed by atoms with Crippen LogP contribution in [0.2, 0.25) is 10.0 Å². The molecular formula is C11H16Cl2N2O3S. The first-order valence-electron chi connectivity index (χ1n) is 5.43. The smallest absolute Gasteiger partial charge is 0.246 e. The summed E-state index contributed by atoms with van der Waals surface area (Å²) in [6.45, 7) is 1.99. The molecule has 0 heterocycles. The fourth-order valence-corrected chi connectivity index (χ4v) is 3.87. The van der Waals surface area contributed by atoms with Gasteiger partial charge in [0, 0.05) is 25.2 Å². The first-order valence-corrected chi connectivity index (χ1v) is 7.63. The molecule has 1 aromatic rings. The quantitative estimate of drug-likeness (QED) is 0.842. The number of nitrogens with zero attached hydrogens (tertiary/aromatic N) is 1. The van der Waals surface area contributed by atoms with Gasteiger partial charge in [-0.05, 0) is 19.1 Å². The van der Waals surface area contributed by atoms with Crippen molar-refractivity contribution in [2.75, 3.05) is 26.5 Å². The number of rotatable bonds is 5. The Hall–Kier alpha value is -0.530. The Kier molecular flexibility index (Phi) is 5.46. The standard InChI is InChI=1S/C11H16Cl2N2O3S/c1-7(6-18-3)15(2)19(16,17)11-9(13)4-8(12)5-10(11)14/h4-5,7H,6,14H2,1-3H3. The summed E-state index contributed by atoms with van der Waals surface area (Å²) >= 11 is 11.7. The number of halogens is 2. The molecule has 1 rings (SSSR count). The molecule has 1 unspecified atom stereocenters. The maximum Gasteiger partial charge on any atom is 0.246 e. The Morgan fingerprint density at radius 3 is 2.47 bits per heavy atom. The van der Waals surface area contributed by atoms with Crippen molar-refractivity contribution in [2.24, 2.45) is 0 Å². The highest BCUT2D eigenvalue weighted by Crippen LogP contribution is 2.33. The lowest BCUT2D eigenvalue weighted by atomic mass is 10.3. The summed E-state index contributed by atoms with van der Waals surface area (Å²) in [6, 6.07) is 2.36. The molecule has 1 atom stereocenters. The van der Waals surface area contributed by atoms with Gasteiger partial charge in [0.1, 0.15) is 4.90 Å². The normalized spacial score (nSPS) is 13.8. The van der Waals surface area contributed by atoms with E-state index in [0.29, 0.717) is 0 Å². The molecule has 0 spiro atoms. The summed E-state index contributed by atoms with van der Waals surface area (Å²) in [5.74, 6) is 0. The number of hydrogen-bond donors (Lipinski definition) is 1. The molecule has 19 heavy (non-hydrogen) atoms. The summed E-state index contributed by atoms with van der Waals surface area (Å²) in [7, 11) is -0.852. The van der Waals surface area contributed by atoms with Crippen LogP contribution in [0.25, 0.3) is 0 Å². The lowest BCUT2D eigenvalue weighted by Gasteiger charge is -2.24. The lowest BCUT2D eigenvalue weighted by Crippen LogP contribution is -2.38. The number of nitrogens with two attached hydrogens (primary N) is 1. The van der Waals surface area contributed by atoms with Gasteiger partial charge in [0.05, 0.1) is 17.3 Å². The minimum atomic E-state index is -3.80. The molecule has 108 valence electrons. The molecule has 0 radical (unpaired) electrons. The van der Waals surface area contributed by atoms with E-state index in [1.54, 1.807) is 6.92 Å². The molecule has 0 aliphatic carbocycles. The number of sulfonamides is 1. The fraction of sp³-hybridized carbons (Fsp3) is 0.455. The van der Waals surface area contributed by atoms with E-state index in [9.17, 15) is 8.42 Å². The lowest BCUT2D eigenvalue weighted by molar-refractivity contribution is 0.149. The summed E-state index contributed by atoms with van der Waals surface area (Å²) in [6.07, 6.45) is 0. The van der Waals surface area contributed by atoms with E-state index in [2.05, 4.69) is 0 Å². The van der Waals surface area contributed by atoms with Gasteiger partial charge in [-0.3, -0.25) is 0 Å². The van der Waals surface area contributed by atoms with Crippen molar-refractivity contribution >= 4 is 38.9 Å². The molecular weight excluding hydrogens is 311 g/mol. The van der Waals surface area contributed by atoms with Gasteiger partial charge in [-0.2, -0.15) is 4.31 Å². The van der Waals surface area contributed by atoms with E-state index >= 15 is 0 Å². The predicted molar refractivity (Wildman–Crippen MR) is 77.2 cm³/mol. The molecule has 0 saturated heterocycles. The molecule has 0 aliphatic heterocycles. The van der Waals surface area contributed by atoms with Gasteiger partial charge in [0.25, 0.3) is 0 Å². The number of ether oxygens (including phenoxy) is 1. The molecule has 5 nitrogen and oxygen atoms in total. The second-order valence-electron chi connectivity index (χ2n) is 4.13. The topological polar surface area (TPSA) is 72.6 Å². The number of likely N-dealkylation sites (N-methyl/N-ethyl adjacent to an activating group) is 1. The number of methoxy groups -OCH3 is 1. The average Bonchev–Trinajstić information content (AvgIpc) is 2.26. The summed E-state index contributed by atoms with van der Waals surface area (Å²) in [5, 5.41) is 0.288. The second kappa shape index (κ2) is 6.28. The maximum absolute atomic E-state index is 12.5. The molecule has 0 saturated carbocycles. The zero-order valence-electron chi connectivity index (χ0n) is 10.9. The maximum atomic E-state index is 12.5. The van der Waals surface area contributed by atoms with Gasteiger partial charge in [-0.15, -0.1) is 0 Å². The Bertz CT molecular complexity index is 540. The largest absolute Gasteiger partial charge is 0.398 e. The van der Waals surface area contributed by atoms with Gasteiger partial charge in [-0.1, -0.05) is 23.2 Å². The Morgan fingerprint density at radius 2 is 2.00 bits per heavy atom. The van der Waals surface area contributed by atoms with Crippen LogP contribution in [-0.4, -0.2) is 39.5 Å². The van der Waals surface area contributed by atoms with Crippen molar-refractivity contribution in [3.63, 3.8) is 0 Å². The van der Waals surface area contributed by atoms with Crippen LogP contribution in [-0.2, 0) is 14.8 Å². The number of benzene rings is 1. The summed E-state index contributed by atoms with van der Waals surface area (Å²) in [5.41, 5.74) is 5.74. The van der Waals surface area contributed by atoms with Crippen molar-refractivity contribution in [1.82, 2.24) is 4.31 Å². The van der Waals surface area contributed by atoms with Gasteiger partial charge in [0.2, 0.25) is 10.0 Å². The van der Waals surface area contributed by atoms with E-state index in [-0.39, 0.29) is 33.3 Å². The van der Waals surface area contributed by atoms with Crippen LogP contribution in [0.1, 0.15) is 6.92 Å². The van der Waals surface area contributed by atoms with Crippen LogP contribution >= 0.6 is 23.2 Å². The first-order chi connectivity index (χ1) is 8.71. The van der Waals surface area contributed by atoms with Crippen LogP contribution in [0.5, 0.6) is 0 Å². The Labute approximate surface area is 123 Å². The van der Waals surface area contributed by atoms with E-state index in [1.807, 2.05) is 0 Å². The highest BCUT2D eigenvalue weighted by molar-refractivity contribution is 7.89. The van der Waals surface area contributed by atoms with E-state index in [4.69, 9.17) is 33.7 Å². The second-order valence-corrected chi connectivity index (χ2v) is 6.91. The third kappa shape index (κ3) is 3.52. The monoisotopic (exact) mass is 326 g/mol. The molecule has 1 aromatic carbocycles. The number of anilines is 1. The van der Waals surface area contributed by atoms with Crippen molar-refractivity contribution in [2.45, 2.75) is 17.9 Å². The molecule has 0 fully saturated rings. The predicted octanol–water partition coefficient (Wildman–Crippen LogP) is 2.23. The van der Waals surface area contributed by atoms with Gasteiger partial charge in [0.15, 0.2) is 0 Å². The van der Waals surface area contributed by atoms with Crippen LogP contribution in [0.15, 0.2) is 17.0 Å². The van der Waals surface area contributed by atoms with E-state index in [1.165, 1.54) is 30.6 Å². The molecule has 0 aliphatic rings. The minimum absolute atomic E-state index is 0.00136. The van der Waals surface area contributed by atoms with Gasteiger partial charge < -0.3 is 10.5 Å². The van der Waals surface area contributed by atoms with E-state index < -0.39 is 10.0 Å². The zero-order valence-corrected chi connectivity index (χ0v) is 13.2. The van der Waals surface area contributed by atoms with Gasteiger partial charge in [-0.25, -0.2) is 8.42 Å². The molecule has 0 amide bonds. The Morgan fingerprint density at radius 1 is 1.42 bits per heavy atom. The minimum Gasteiger partial charge on any atom is -0.398 e. The van der Waals surface area contributed by atoms with Crippen molar-refractivity contribution < 1.29 is 13.2 Å².